The van der Waals surface area contributed by atoms with Gasteiger partial charge in [0.1, 0.15) is 5.54 Å². The Bertz CT molecular complexity index is 866. The lowest BCUT2D eigenvalue weighted by molar-refractivity contribution is -0.136. The van der Waals surface area contributed by atoms with Crippen LogP contribution in [0.4, 0.5) is 0 Å². The van der Waals surface area contributed by atoms with Gasteiger partial charge >= 0.3 is 5.97 Å². The third-order valence-electron chi connectivity index (χ3n) is 4.86. The predicted octanol–water partition coefficient (Wildman–Crippen LogP) is 1.78. The molecule has 0 unspecified atom stereocenters. The third kappa shape index (κ3) is 4.88. The fourth-order valence-electron chi connectivity index (χ4n) is 2.71. The first-order valence-electron chi connectivity index (χ1n) is 9.05. The topological polar surface area (TPSA) is 108 Å². The zero-order valence-corrected chi connectivity index (χ0v) is 17.2. The molecule has 1 heterocycles. The standard InChI is InChI=1S/C19H25N3O5S/c1-19(2,14-20)21(3)17(23)13-27-18(24)15-7-9-16(10-8-15)28(25,26)22-11-5-4-6-12-22/h7-10H,4-6,11-13H2,1-3H3. The van der Waals surface area contributed by atoms with Crippen molar-refractivity contribution in [1.82, 2.24) is 9.21 Å². The fraction of sp³-hybridized carbons (Fsp3) is 0.526. The van der Waals surface area contributed by atoms with E-state index in [2.05, 4.69) is 0 Å². The van der Waals surface area contributed by atoms with Gasteiger partial charge in [0, 0.05) is 20.1 Å². The second-order valence-corrected chi connectivity index (χ2v) is 9.13. The van der Waals surface area contributed by atoms with Crippen LogP contribution in [0.2, 0.25) is 0 Å². The molecular weight excluding hydrogens is 382 g/mol. The van der Waals surface area contributed by atoms with E-state index in [1.807, 2.05) is 6.07 Å². The van der Waals surface area contributed by atoms with Gasteiger partial charge < -0.3 is 9.64 Å². The summed E-state index contributed by atoms with van der Waals surface area (Å²) in [6.45, 7) is 3.65. The Balaban J connectivity index is 2.00. The molecule has 1 aromatic rings. The SMILES string of the molecule is CN(C(=O)COC(=O)c1ccc(S(=O)(=O)N2CCCCC2)cc1)C(C)(C)C#N. The molecule has 152 valence electrons. The van der Waals surface area contributed by atoms with E-state index < -0.39 is 34.0 Å². The van der Waals surface area contributed by atoms with Crippen molar-refractivity contribution in [2.45, 2.75) is 43.5 Å². The van der Waals surface area contributed by atoms with Crippen LogP contribution in [0.5, 0.6) is 0 Å². The number of carbonyl (C=O) groups is 2. The second-order valence-electron chi connectivity index (χ2n) is 7.19. The quantitative estimate of drug-likeness (QED) is 0.665. The van der Waals surface area contributed by atoms with Crippen molar-refractivity contribution >= 4 is 21.9 Å². The normalized spacial score (nSPS) is 15.5. The number of rotatable bonds is 6. The van der Waals surface area contributed by atoms with E-state index in [-0.39, 0.29) is 10.5 Å². The number of nitrogens with zero attached hydrogens (tertiary/aromatic N) is 3. The first-order valence-corrected chi connectivity index (χ1v) is 10.5. The Morgan fingerprint density at radius 2 is 1.75 bits per heavy atom. The lowest BCUT2D eigenvalue weighted by Gasteiger charge is -2.28. The Hall–Kier alpha value is -2.44. The molecule has 28 heavy (non-hydrogen) atoms. The monoisotopic (exact) mass is 407 g/mol. The van der Waals surface area contributed by atoms with Gasteiger partial charge in [0.15, 0.2) is 6.61 Å². The molecule has 0 aromatic heterocycles. The van der Waals surface area contributed by atoms with Gasteiger partial charge in [-0.15, -0.1) is 0 Å². The van der Waals surface area contributed by atoms with Crippen LogP contribution in [0.15, 0.2) is 29.2 Å². The van der Waals surface area contributed by atoms with Crippen LogP contribution in [0.3, 0.4) is 0 Å². The molecule has 0 atom stereocenters. The average molecular weight is 407 g/mol. The van der Waals surface area contributed by atoms with Crippen molar-refractivity contribution in [2.24, 2.45) is 0 Å². The number of sulfonamides is 1. The summed E-state index contributed by atoms with van der Waals surface area (Å²) in [5, 5.41) is 9.05. The summed E-state index contributed by atoms with van der Waals surface area (Å²) >= 11 is 0. The highest BCUT2D eigenvalue weighted by Crippen LogP contribution is 2.21. The number of esters is 1. The van der Waals surface area contributed by atoms with Gasteiger partial charge in [0.2, 0.25) is 10.0 Å². The average Bonchev–Trinajstić information content (AvgIpc) is 2.71. The molecule has 1 amide bonds. The molecule has 2 rings (SSSR count). The van der Waals surface area contributed by atoms with Crippen LogP contribution in [0.25, 0.3) is 0 Å². The zero-order chi connectivity index (χ0) is 20.9. The van der Waals surface area contributed by atoms with Crippen molar-refractivity contribution in [2.75, 3.05) is 26.7 Å². The van der Waals surface area contributed by atoms with E-state index in [4.69, 9.17) is 10.00 Å². The summed E-state index contributed by atoms with van der Waals surface area (Å²) in [5.74, 6) is -1.25. The van der Waals surface area contributed by atoms with Crippen molar-refractivity contribution in [3.8, 4) is 6.07 Å². The molecule has 1 fully saturated rings. The molecule has 0 N–H and O–H groups in total. The van der Waals surface area contributed by atoms with E-state index in [0.29, 0.717) is 13.1 Å². The van der Waals surface area contributed by atoms with Gasteiger partial charge in [0.25, 0.3) is 5.91 Å². The number of carbonyl (C=O) groups excluding carboxylic acids is 2. The van der Waals surface area contributed by atoms with E-state index >= 15 is 0 Å². The Morgan fingerprint density at radius 3 is 2.29 bits per heavy atom. The van der Waals surface area contributed by atoms with Gasteiger partial charge in [0.05, 0.1) is 16.5 Å². The Kier molecular flexibility index (Phi) is 6.80. The van der Waals surface area contributed by atoms with Crippen LogP contribution < -0.4 is 0 Å². The molecule has 0 radical (unpaired) electrons. The summed E-state index contributed by atoms with van der Waals surface area (Å²) in [5.41, 5.74) is -0.874. The van der Waals surface area contributed by atoms with Crippen molar-refractivity contribution in [1.29, 1.82) is 5.26 Å². The molecule has 0 spiro atoms. The summed E-state index contributed by atoms with van der Waals surface area (Å²) in [7, 11) is -2.11. The summed E-state index contributed by atoms with van der Waals surface area (Å²) in [6.07, 6.45) is 2.71. The highest BCUT2D eigenvalue weighted by Gasteiger charge is 2.28. The van der Waals surface area contributed by atoms with E-state index in [1.54, 1.807) is 13.8 Å². The zero-order valence-electron chi connectivity index (χ0n) is 16.3. The molecule has 1 aliphatic rings. The minimum atomic E-state index is -3.57. The number of hydrogen-bond donors (Lipinski definition) is 0. The van der Waals surface area contributed by atoms with E-state index in [1.165, 1.54) is 40.5 Å². The molecule has 0 aliphatic carbocycles. The molecule has 0 saturated carbocycles. The molecule has 1 saturated heterocycles. The van der Waals surface area contributed by atoms with Gasteiger partial charge in [-0.25, -0.2) is 13.2 Å². The van der Waals surface area contributed by atoms with Crippen LogP contribution in [0.1, 0.15) is 43.5 Å². The number of hydrogen-bond acceptors (Lipinski definition) is 6. The number of ether oxygens (including phenoxy) is 1. The summed E-state index contributed by atoms with van der Waals surface area (Å²) < 4.78 is 31.7. The predicted molar refractivity (Wildman–Crippen MR) is 102 cm³/mol. The Morgan fingerprint density at radius 1 is 1.18 bits per heavy atom. The third-order valence-corrected chi connectivity index (χ3v) is 6.77. The van der Waals surface area contributed by atoms with E-state index in [0.717, 1.165) is 19.3 Å². The van der Waals surface area contributed by atoms with Crippen molar-refractivity contribution in [3.05, 3.63) is 29.8 Å². The maximum Gasteiger partial charge on any atom is 0.338 e. The fourth-order valence-corrected chi connectivity index (χ4v) is 4.23. The Labute approximate surface area is 165 Å². The summed E-state index contributed by atoms with van der Waals surface area (Å²) in [4.78, 5) is 25.5. The highest BCUT2D eigenvalue weighted by atomic mass is 32.2. The second kappa shape index (κ2) is 8.71. The van der Waals surface area contributed by atoms with Crippen molar-refractivity contribution < 1.29 is 22.7 Å². The maximum absolute atomic E-state index is 12.6. The van der Waals surface area contributed by atoms with Gasteiger partial charge in [-0.3, -0.25) is 4.79 Å². The lowest BCUT2D eigenvalue weighted by atomic mass is 10.1. The molecule has 1 aromatic carbocycles. The maximum atomic E-state index is 12.6. The number of nitriles is 1. The summed E-state index contributed by atoms with van der Waals surface area (Å²) in [6, 6.07) is 7.46. The van der Waals surface area contributed by atoms with Crippen LogP contribution in [-0.4, -0.2) is 61.8 Å². The number of amides is 1. The number of benzene rings is 1. The lowest BCUT2D eigenvalue weighted by Crippen LogP contribution is -2.45. The molecule has 0 bridgehead atoms. The molecule has 9 heteroatoms. The molecule has 1 aliphatic heterocycles. The van der Waals surface area contributed by atoms with Gasteiger partial charge in [-0.2, -0.15) is 9.57 Å². The van der Waals surface area contributed by atoms with Crippen molar-refractivity contribution in [3.63, 3.8) is 0 Å². The minimum absolute atomic E-state index is 0.123. The van der Waals surface area contributed by atoms with Gasteiger partial charge in [-0.1, -0.05) is 6.42 Å². The molecule has 8 nitrogen and oxygen atoms in total. The highest BCUT2D eigenvalue weighted by molar-refractivity contribution is 7.89. The number of piperidine rings is 1. The first kappa shape index (κ1) is 21.9. The smallest absolute Gasteiger partial charge is 0.338 e. The van der Waals surface area contributed by atoms with E-state index in [9.17, 15) is 18.0 Å². The largest absolute Gasteiger partial charge is 0.452 e. The van der Waals surface area contributed by atoms with Crippen LogP contribution >= 0.6 is 0 Å². The van der Waals surface area contributed by atoms with Gasteiger partial charge in [-0.05, 0) is 51.0 Å². The molecular formula is C19H25N3O5S. The minimum Gasteiger partial charge on any atom is -0.452 e. The first-order chi connectivity index (χ1) is 13.1. The van der Waals surface area contributed by atoms with Crippen LogP contribution in [-0.2, 0) is 19.6 Å². The number of likely N-dealkylation sites (N-methyl/N-ethyl adjacent to an activating group) is 1. The van der Waals surface area contributed by atoms with Crippen LogP contribution in [0, 0.1) is 11.3 Å².